The third kappa shape index (κ3) is 4.64. The maximum Gasteiger partial charge on any atom is 0.296 e. The predicted molar refractivity (Wildman–Crippen MR) is 125 cm³/mol. The summed E-state index contributed by atoms with van der Waals surface area (Å²) in [6.07, 6.45) is 1.42. The second-order valence-electron chi connectivity index (χ2n) is 6.37. The van der Waals surface area contributed by atoms with Crippen molar-refractivity contribution >= 4 is 62.4 Å². The number of nitrogens with zero attached hydrogens (tertiary/aromatic N) is 4. The molecule has 1 N–H and O–H groups in total. The monoisotopic (exact) mass is 487 g/mol. The van der Waals surface area contributed by atoms with Gasteiger partial charge in [0.2, 0.25) is 5.91 Å². The number of thioether (sulfide) groups is 1. The van der Waals surface area contributed by atoms with Gasteiger partial charge >= 0.3 is 0 Å². The first kappa shape index (κ1) is 21.9. The number of hydrogen-bond donors (Lipinski definition) is 1. The molecule has 0 bridgehead atoms. The van der Waals surface area contributed by atoms with Gasteiger partial charge in [-0.3, -0.25) is 14.9 Å². The number of nitro groups is 1. The number of benzene rings is 2. The highest BCUT2D eigenvalue weighted by atomic mass is 35.5. The number of fused-ring (bicyclic) bond motifs is 1. The van der Waals surface area contributed by atoms with E-state index in [-0.39, 0.29) is 17.1 Å². The minimum absolute atomic E-state index is 0.00345. The first-order chi connectivity index (χ1) is 15.5. The van der Waals surface area contributed by atoms with Crippen LogP contribution in [0.25, 0.3) is 21.5 Å². The molecule has 0 radical (unpaired) electrons. The minimum atomic E-state index is -0.575. The molecule has 162 valence electrons. The van der Waals surface area contributed by atoms with Crippen LogP contribution in [0.5, 0.6) is 5.75 Å². The summed E-state index contributed by atoms with van der Waals surface area (Å²) in [5.74, 6) is -0.0738. The number of halogens is 1. The molecule has 0 aliphatic heterocycles. The van der Waals surface area contributed by atoms with Gasteiger partial charge in [-0.05, 0) is 35.8 Å². The molecule has 0 spiro atoms. The lowest BCUT2D eigenvalue weighted by atomic mass is 10.1. The number of carbonyl (C=O) groups excluding carboxylic acids is 1. The van der Waals surface area contributed by atoms with E-state index in [1.54, 1.807) is 18.2 Å². The van der Waals surface area contributed by atoms with Gasteiger partial charge in [0.05, 0.1) is 23.9 Å². The lowest BCUT2D eigenvalue weighted by molar-refractivity contribution is -0.384. The quantitative estimate of drug-likeness (QED) is 0.166. The van der Waals surface area contributed by atoms with E-state index < -0.39 is 10.8 Å². The van der Waals surface area contributed by atoms with E-state index in [1.165, 1.54) is 48.9 Å². The van der Waals surface area contributed by atoms with Crippen LogP contribution in [-0.4, -0.2) is 38.0 Å². The van der Waals surface area contributed by atoms with E-state index in [0.717, 1.165) is 10.3 Å². The number of aromatic nitrogens is 3. The van der Waals surface area contributed by atoms with E-state index in [0.29, 0.717) is 27.0 Å². The Hall–Kier alpha value is -3.28. The average molecular weight is 488 g/mol. The van der Waals surface area contributed by atoms with Crippen LogP contribution < -0.4 is 10.1 Å². The van der Waals surface area contributed by atoms with Crippen LogP contribution in [-0.2, 0) is 4.79 Å². The van der Waals surface area contributed by atoms with Crippen molar-refractivity contribution in [1.29, 1.82) is 0 Å². The fourth-order valence-electron chi connectivity index (χ4n) is 2.86. The Kier molecular flexibility index (Phi) is 6.49. The Balaban J connectivity index is 1.51. The van der Waals surface area contributed by atoms with Gasteiger partial charge in [0, 0.05) is 10.6 Å². The number of carbonyl (C=O) groups is 1. The zero-order valence-corrected chi connectivity index (χ0v) is 18.8. The number of methoxy groups -OCH3 is 1. The molecular weight excluding hydrogens is 474 g/mol. The highest BCUT2D eigenvalue weighted by Gasteiger charge is 2.19. The van der Waals surface area contributed by atoms with Gasteiger partial charge in [0.25, 0.3) is 5.69 Å². The predicted octanol–water partition coefficient (Wildman–Crippen LogP) is 5.05. The first-order valence-electron chi connectivity index (χ1n) is 9.07. The molecule has 0 aliphatic carbocycles. The highest BCUT2D eigenvalue weighted by Crippen LogP contribution is 2.35. The summed E-state index contributed by atoms with van der Waals surface area (Å²) >= 11 is 8.40. The maximum atomic E-state index is 12.5. The van der Waals surface area contributed by atoms with Crippen molar-refractivity contribution in [1.82, 2.24) is 14.3 Å². The lowest BCUT2D eigenvalue weighted by Gasteiger charge is -2.07. The van der Waals surface area contributed by atoms with Crippen molar-refractivity contribution in [2.75, 3.05) is 18.2 Å². The molecular formula is C20H14ClN5O4S2. The number of rotatable bonds is 7. The fraction of sp³-hybridized carbons (Fsp3) is 0.100. The molecule has 1 amide bonds. The van der Waals surface area contributed by atoms with Crippen LogP contribution in [0.2, 0.25) is 5.02 Å². The molecule has 0 saturated heterocycles. The van der Waals surface area contributed by atoms with Gasteiger partial charge in [0.1, 0.15) is 38.7 Å². The van der Waals surface area contributed by atoms with E-state index in [9.17, 15) is 14.9 Å². The van der Waals surface area contributed by atoms with Gasteiger partial charge in [-0.25, -0.2) is 9.97 Å². The van der Waals surface area contributed by atoms with Crippen molar-refractivity contribution < 1.29 is 14.5 Å². The SMILES string of the molecule is COc1ccc(NC(=O)CSc2ncnc3c(-c4ccc(Cl)cc4)nsc23)c([N+](=O)[O-])c1. The summed E-state index contributed by atoms with van der Waals surface area (Å²) in [5.41, 5.74) is 2.12. The van der Waals surface area contributed by atoms with Crippen molar-refractivity contribution in [3.05, 3.63) is 63.9 Å². The summed E-state index contributed by atoms with van der Waals surface area (Å²) in [6.45, 7) is 0. The third-order valence-corrected chi connectivity index (χ3v) is 6.57. The molecule has 0 aliphatic rings. The Morgan fingerprint density at radius 1 is 1.25 bits per heavy atom. The van der Waals surface area contributed by atoms with Crippen molar-refractivity contribution in [2.24, 2.45) is 0 Å². The number of hydrogen-bond acceptors (Lipinski definition) is 9. The van der Waals surface area contributed by atoms with Gasteiger partial charge in [-0.15, -0.1) is 0 Å². The van der Waals surface area contributed by atoms with Crippen LogP contribution in [0.3, 0.4) is 0 Å². The first-order valence-corrected chi connectivity index (χ1v) is 11.2. The molecule has 2 aromatic carbocycles. The summed E-state index contributed by atoms with van der Waals surface area (Å²) in [5, 5.41) is 15.1. The average Bonchev–Trinajstić information content (AvgIpc) is 3.23. The molecule has 0 atom stereocenters. The van der Waals surface area contributed by atoms with E-state index in [4.69, 9.17) is 16.3 Å². The third-order valence-electron chi connectivity index (χ3n) is 4.36. The van der Waals surface area contributed by atoms with E-state index in [1.807, 2.05) is 12.1 Å². The molecule has 4 rings (SSSR count). The summed E-state index contributed by atoms with van der Waals surface area (Å²) in [4.78, 5) is 31.8. The molecule has 0 fully saturated rings. The van der Waals surface area contributed by atoms with Gasteiger partial charge in [-0.1, -0.05) is 35.5 Å². The molecule has 0 unspecified atom stereocenters. The van der Waals surface area contributed by atoms with E-state index >= 15 is 0 Å². The van der Waals surface area contributed by atoms with Gasteiger partial charge in [0.15, 0.2) is 0 Å². The molecule has 2 heterocycles. The standard InChI is InChI=1S/C20H14ClN5O4S2/c1-30-13-6-7-14(15(8-13)26(28)29)24-16(27)9-31-20-19-18(22-10-23-20)17(25-32-19)11-2-4-12(21)5-3-11/h2-8,10H,9H2,1H3,(H,24,27). The number of nitrogens with one attached hydrogen (secondary N) is 1. The summed E-state index contributed by atoms with van der Waals surface area (Å²) in [6, 6.07) is 11.5. The normalized spacial score (nSPS) is 10.8. The molecule has 4 aromatic rings. The Morgan fingerprint density at radius 2 is 2.03 bits per heavy atom. The summed E-state index contributed by atoms with van der Waals surface area (Å²) < 4.78 is 10.3. The second kappa shape index (κ2) is 9.47. The van der Waals surface area contributed by atoms with Crippen LogP contribution in [0.4, 0.5) is 11.4 Å². The van der Waals surface area contributed by atoms with Crippen LogP contribution in [0.15, 0.2) is 53.8 Å². The molecule has 0 saturated carbocycles. The number of anilines is 1. The smallest absolute Gasteiger partial charge is 0.296 e. The molecule has 32 heavy (non-hydrogen) atoms. The Morgan fingerprint density at radius 3 is 2.75 bits per heavy atom. The van der Waals surface area contributed by atoms with Crippen LogP contribution in [0, 0.1) is 10.1 Å². The van der Waals surface area contributed by atoms with Crippen molar-refractivity contribution in [3.63, 3.8) is 0 Å². The highest BCUT2D eigenvalue weighted by molar-refractivity contribution is 8.00. The van der Waals surface area contributed by atoms with Crippen LogP contribution >= 0.6 is 34.9 Å². The summed E-state index contributed by atoms with van der Waals surface area (Å²) in [7, 11) is 1.41. The number of nitro benzene ring substituents is 1. The molecule has 12 heteroatoms. The van der Waals surface area contributed by atoms with Crippen LogP contribution in [0.1, 0.15) is 0 Å². The zero-order valence-electron chi connectivity index (χ0n) is 16.4. The number of amides is 1. The van der Waals surface area contributed by atoms with Crippen molar-refractivity contribution in [3.8, 4) is 17.0 Å². The van der Waals surface area contributed by atoms with Crippen molar-refractivity contribution in [2.45, 2.75) is 5.03 Å². The van der Waals surface area contributed by atoms with E-state index in [2.05, 4.69) is 19.7 Å². The Labute approximate surface area is 195 Å². The molecule has 9 nitrogen and oxygen atoms in total. The van der Waals surface area contributed by atoms with Gasteiger partial charge in [-0.2, -0.15) is 4.37 Å². The topological polar surface area (TPSA) is 120 Å². The number of ether oxygens (including phenoxy) is 1. The van der Waals surface area contributed by atoms with Gasteiger partial charge < -0.3 is 10.1 Å². The minimum Gasteiger partial charge on any atom is -0.496 e. The lowest BCUT2D eigenvalue weighted by Crippen LogP contribution is -2.15. The largest absolute Gasteiger partial charge is 0.496 e. The fourth-order valence-corrected chi connectivity index (χ4v) is 4.70. The molecule has 2 aromatic heterocycles. The Bertz CT molecular complexity index is 1310. The maximum absolute atomic E-state index is 12.5. The zero-order chi connectivity index (χ0) is 22.7. The second-order valence-corrected chi connectivity index (χ2v) is 8.55.